The number of cyclic esters (lactones) is 1. The van der Waals surface area contributed by atoms with Crippen LogP contribution < -0.4 is 0 Å². The van der Waals surface area contributed by atoms with E-state index >= 15 is 0 Å². The van der Waals surface area contributed by atoms with Gasteiger partial charge in [0.15, 0.2) is 5.78 Å². The van der Waals surface area contributed by atoms with Gasteiger partial charge in [-0.1, -0.05) is 71.1 Å². The largest absolute Gasteiger partial charge is 0.460 e. The van der Waals surface area contributed by atoms with E-state index in [1.54, 1.807) is 34.0 Å². The molecule has 3 fully saturated rings. The molecule has 3 aliphatic heterocycles. The quantitative estimate of drug-likeness (QED) is 0.104. The molecule has 15 atom stereocenters. The number of allylic oxidation sites excluding steroid dienone is 6. The van der Waals surface area contributed by atoms with Crippen LogP contribution in [0.4, 0.5) is 0 Å². The highest BCUT2D eigenvalue weighted by Crippen LogP contribution is 2.38. The fourth-order valence-corrected chi connectivity index (χ4v) is 10.9. The van der Waals surface area contributed by atoms with Crippen LogP contribution in [0.5, 0.6) is 0 Å². The summed E-state index contributed by atoms with van der Waals surface area (Å²) in [5, 5.41) is 43.2. The van der Waals surface area contributed by atoms with Gasteiger partial charge >= 0.3 is 11.9 Å². The predicted molar refractivity (Wildman–Crippen MR) is 276 cm³/mol. The highest BCUT2D eigenvalue weighted by molar-refractivity contribution is 6.39. The number of aliphatic hydroxyl groups is 4. The molecule has 17 nitrogen and oxygen atoms in total. The molecule has 1 aliphatic carbocycles. The Morgan fingerprint density at radius 1 is 0.878 bits per heavy atom. The van der Waals surface area contributed by atoms with Crippen molar-refractivity contribution in [1.82, 2.24) is 4.90 Å². The smallest absolute Gasteiger partial charge is 0.329 e. The highest BCUT2D eigenvalue weighted by atomic mass is 16.6. The molecule has 2 bridgehead atoms. The third-order valence-corrected chi connectivity index (χ3v) is 16.3. The number of Topliss-reactive ketones (excluding diaryl/α,β-unsaturated/α-hetero) is 3. The van der Waals surface area contributed by atoms with E-state index in [0.717, 1.165) is 16.9 Å². The maximum absolute atomic E-state index is 14.6. The molecule has 0 aromatic carbocycles. The molecule has 74 heavy (non-hydrogen) atoms. The molecule has 0 unspecified atom stereocenters. The first-order valence-electron chi connectivity index (χ1n) is 26.9. The number of ether oxygens (including phenoxy) is 6. The van der Waals surface area contributed by atoms with Crippen LogP contribution >= 0.6 is 0 Å². The number of esters is 2. The van der Waals surface area contributed by atoms with Gasteiger partial charge in [-0.05, 0) is 120 Å². The number of hydrogen-bond donors (Lipinski definition) is 4. The maximum atomic E-state index is 14.6. The Morgan fingerprint density at radius 3 is 2.22 bits per heavy atom. The average molecular weight is 1040 g/mol. The number of amides is 1. The summed E-state index contributed by atoms with van der Waals surface area (Å²) in [6, 6.07) is -1.20. The lowest BCUT2D eigenvalue weighted by molar-refractivity contribution is -0.265. The van der Waals surface area contributed by atoms with Crippen molar-refractivity contribution in [2.45, 2.75) is 193 Å². The van der Waals surface area contributed by atoms with Crippen molar-refractivity contribution < 1.29 is 77.6 Å². The van der Waals surface area contributed by atoms with Crippen molar-refractivity contribution in [3.8, 4) is 0 Å². The number of ketones is 3. The average Bonchev–Trinajstić information content (AvgIpc) is 3.39. The highest BCUT2D eigenvalue weighted by Gasteiger charge is 2.53. The lowest BCUT2D eigenvalue weighted by atomic mass is 9.78. The Bertz CT molecular complexity index is 2030. The number of carbonyl (C=O) groups is 6. The summed E-state index contributed by atoms with van der Waals surface area (Å²) in [7, 11) is 4.44. The Hall–Kier alpha value is -3.94. The van der Waals surface area contributed by atoms with Gasteiger partial charge in [0.1, 0.15) is 41.7 Å². The lowest BCUT2D eigenvalue weighted by Gasteiger charge is -2.42. The number of rotatable bonds is 11. The van der Waals surface area contributed by atoms with Gasteiger partial charge < -0.3 is 53.7 Å². The van der Waals surface area contributed by atoms with Crippen LogP contribution in [0.15, 0.2) is 47.6 Å². The first-order valence-corrected chi connectivity index (χ1v) is 26.9. The van der Waals surface area contributed by atoms with Crippen molar-refractivity contribution in [3.05, 3.63) is 47.6 Å². The first kappa shape index (κ1) is 62.6. The maximum Gasteiger partial charge on any atom is 0.329 e. The zero-order valence-corrected chi connectivity index (χ0v) is 46.0. The van der Waals surface area contributed by atoms with Crippen molar-refractivity contribution in [3.63, 3.8) is 0 Å². The second-order valence-corrected chi connectivity index (χ2v) is 22.0. The van der Waals surface area contributed by atoms with Crippen LogP contribution in [-0.2, 0) is 57.2 Å². The van der Waals surface area contributed by atoms with E-state index in [2.05, 4.69) is 0 Å². The van der Waals surface area contributed by atoms with E-state index < -0.39 is 120 Å². The molecule has 4 rings (SSSR count). The molecule has 17 heteroatoms. The topological polar surface area (TPSA) is 242 Å². The molecule has 2 saturated heterocycles. The van der Waals surface area contributed by atoms with E-state index in [1.165, 1.54) is 21.1 Å². The van der Waals surface area contributed by atoms with Crippen molar-refractivity contribution in [2.75, 3.05) is 41.1 Å². The second kappa shape index (κ2) is 29.0. The van der Waals surface area contributed by atoms with Gasteiger partial charge in [0, 0.05) is 58.5 Å². The van der Waals surface area contributed by atoms with Crippen LogP contribution in [0.25, 0.3) is 0 Å². The molecule has 3 heterocycles. The summed E-state index contributed by atoms with van der Waals surface area (Å²) in [5.41, 5.74) is -0.270. The summed E-state index contributed by atoms with van der Waals surface area (Å²) in [6.45, 7) is 12.8. The third-order valence-electron chi connectivity index (χ3n) is 16.3. The summed E-state index contributed by atoms with van der Waals surface area (Å²) in [4.78, 5) is 85.6. The fourth-order valence-electron chi connectivity index (χ4n) is 10.9. The molecule has 0 aromatic rings. The summed E-state index contributed by atoms with van der Waals surface area (Å²) >= 11 is 0. The zero-order valence-electron chi connectivity index (χ0n) is 46.0. The van der Waals surface area contributed by atoms with Crippen LogP contribution in [0.1, 0.15) is 139 Å². The van der Waals surface area contributed by atoms with Gasteiger partial charge in [0.25, 0.3) is 11.7 Å². The molecule has 0 radical (unpaired) electrons. The van der Waals surface area contributed by atoms with Gasteiger partial charge in [0.05, 0.1) is 31.5 Å². The van der Waals surface area contributed by atoms with Crippen LogP contribution in [0, 0.1) is 40.9 Å². The first-order chi connectivity index (χ1) is 35.0. The number of piperidine rings is 1. The van der Waals surface area contributed by atoms with E-state index in [1.807, 2.05) is 58.1 Å². The molecule has 4 N–H and O–H groups in total. The van der Waals surface area contributed by atoms with Crippen LogP contribution in [0.2, 0.25) is 0 Å². The Morgan fingerprint density at radius 2 is 1.58 bits per heavy atom. The minimum absolute atomic E-state index is 0.0389. The fraction of sp³-hybridized carbons (Fsp3) is 0.754. The SMILES string of the molecule is CC[C@@H]1/C=C/C=C/C=C(\C)[C@@H](OC)C[C@@H]2CC[C@@H](C)[C@@](O)(O2)C(=O)C(=O)N2CCCC[C@H]2C(=O)O[C@H]([C@H](C)C[C@@H]2CC[C@@H](OC(=O)C(C)(CO)CO)[C@H](OC)C2)CC(=O)[C@H](C)/C=C(\C)[C@@H](O)[C@@H](OC)C(=O)[C@H](C)C1. The zero-order chi connectivity index (χ0) is 55.1. The molecule has 4 aliphatic rings. The number of hydrogen-bond acceptors (Lipinski definition) is 16. The molecule has 1 amide bonds. The minimum Gasteiger partial charge on any atom is -0.460 e. The summed E-state index contributed by atoms with van der Waals surface area (Å²) in [5.74, 6) is -9.30. The Kier molecular flexibility index (Phi) is 24.5. The molecule has 0 spiro atoms. The van der Waals surface area contributed by atoms with E-state index in [9.17, 15) is 49.2 Å². The van der Waals surface area contributed by atoms with Gasteiger partial charge in [-0.15, -0.1) is 0 Å². The van der Waals surface area contributed by atoms with Gasteiger partial charge in [-0.3, -0.25) is 24.0 Å². The van der Waals surface area contributed by atoms with E-state index in [-0.39, 0.29) is 42.8 Å². The number of carbonyl (C=O) groups excluding carboxylic acids is 6. The minimum atomic E-state index is -2.47. The van der Waals surface area contributed by atoms with Crippen LogP contribution in [-0.4, -0.2) is 156 Å². The number of methoxy groups -OCH3 is 3. The van der Waals surface area contributed by atoms with Crippen LogP contribution in [0.3, 0.4) is 0 Å². The number of fused-ring (bicyclic) bond motifs is 3. The third kappa shape index (κ3) is 16.1. The van der Waals surface area contributed by atoms with E-state index in [0.29, 0.717) is 69.8 Å². The Labute approximate surface area is 439 Å². The predicted octanol–water partition coefficient (Wildman–Crippen LogP) is 6.11. The van der Waals surface area contributed by atoms with Gasteiger partial charge in [-0.25, -0.2) is 4.79 Å². The van der Waals surface area contributed by atoms with Crippen molar-refractivity contribution in [1.29, 1.82) is 0 Å². The van der Waals surface area contributed by atoms with Gasteiger partial charge in [-0.2, -0.15) is 0 Å². The standard InChI is InChI=1S/C57H89NO16/c1-12-40-19-15-13-14-18-34(2)46(69-9)30-42-23-21-39(7)57(68,74-42)52(64)53(65)58-25-17-16-20-43(58)54(66)72-47(31-44(61)35(3)26-37(5)49(62)51(71-11)50(63)38(6)28-40)36(4)27-41-22-24-45(48(29-41)70-10)73-55(67)56(8,32-59)33-60/h13-15,18-19,26,35-36,38-43,45-49,51,59-60,62,68H,12,16-17,20-25,27-33H2,1-11H3/b14-13+,19-15+,34-18+,37-26+/t35-,36-,38-,39-,40-,41+,42+,43+,45-,46+,47+,48-,49-,51-,57-/m1/s1. The molecule has 418 valence electrons. The molecule has 0 aromatic heterocycles. The Balaban J connectivity index is 1.70. The second-order valence-electron chi connectivity index (χ2n) is 22.0. The lowest BCUT2D eigenvalue weighted by Crippen LogP contribution is -2.61. The summed E-state index contributed by atoms with van der Waals surface area (Å²) in [6.07, 6.45) is 10.7. The molecular formula is C57H89NO16. The summed E-state index contributed by atoms with van der Waals surface area (Å²) < 4.78 is 35.5. The molecular weight excluding hydrogens is 955 g/mol. The van der Waals surface area contributed by atoms with Crippen molar-refractivity contribution in [2.24, 2.45) is 40.9 Å². The van der Waals surface area contributed by atoms with Gasteiger partial charge in [0.2, 0.25) is 5.79 Å². The number of aliphatic hydroxyl groups excluding tert-OH is 3. The monoisotopic (exact) mass is 1040 g/mol. The normalized spacial score (nSPS) is 37.1. The van der Waals surface area contributed by atoms with E-state index in [4.69, 9.17) is 28.4 Å². The molecule has 1 saturated carbocycles. The van der Waals surface area contributed by atoms with Crippen molar-refractivity contribution >= 4 is 35.2 Å². The number of nitrogens with zero attached hydrogens (tertiary/aromatic N) is 1.